The second-order valence-corrected chi connectivity index (χ2v) is 8.90. The van der Waals surface area contributed by atoms with Gasteiger partial charge in [-0.15, -0.1) is 0 Å². The van der Waals surface area contributed by atoms with E-state index in [0.717, 1.165) is 32.5 Å². The van der Waals surface area contributed by atoms with Crippen LogP contribution in [0.15, 0.2) is 59.2 Å². The smallest absolute Gasteiger partial charge is 0.275 e. The number of rotatable bonds is 7. The van der Waals surface area contributed by atoms with E-state index < -0.39 is 0 Å². The fourth-order valence-corrected chi connectivity index (χ4v) is 4.43. The van der Waals surface area contributed by atoms with Gasteiger partial charge in [-0.3, -0.25) is 9.69 Å². The van der Waals surface area contributed by atoms with E-state index in [9.17, 15) is 4.79 Å². The average molecular weight is 432 g/mol. The molecule has 2 aromatic carbocycles. The summed E-state index contributed by atoms with van der Waals surface area (Å²) in [6, 6.07) is 17.2. The number of hydrogen-bond donors (Lipinski definition) is 0. The molecule has 0 spiro atoms. The summed E-state index contributed by atoms with van der Waals surface area (Å²) in [5.74, 6) is 0.564. The summed E-state index contributed by atoms with van der Waals surface area (Å²) >= 11 is 0. The minimum atomic E-state index is -0.0169. The van der Waals surface area contributed by atoms with Crippen molar-refractivity contribution in [2.45, 2.75) is 59.2 Å². The number of nitrogens with zero attached hydrogens (tertiary/aromatic N) is 3. The molecule has 168 valence electrons. The topological polar surface area (TPSA) is 49.6 Å². The quantitative estimate of drug-likeness (QED) is 0.483. The van der Waals surface area contributed by atoms with Gasteiger partial charge < -0.3 is 9.32 Å². The average Bonchev–Trinajstić information content (AvgIpc) is 3.29. The molecule has 0 bridgehead atoms. The summed E-state index contributed by atoms with van der Waals surface area (Å²) in [6.07, 6.45) is 4.84. The monoisotopic (exact) mass is 431 g/mol. The molecule has 1 atom stereocenters. The molecule has 1 amide bonds. The normalized spacial score (nSPS) is 15.2. The van der Waals surface area contributed by atoms with Crippen molar-refractivity contribution in [1.82, 2.24) is 14.8 Å². The first-order valence-corrected chi connectivity index (χ1v) is 11.6. The molecule has 1 aromatic heterocycles. The van der Waals surface area contributed by atoms with Crippen LogP contribution in [-0.4, -0.2) is 33.8 Å². The van der Waals surface area contributed by atoms with E-state index in [0.29, 0.717) is 18.1 Å². The minimum absolute atomic E-state index is 0.0169. The van der Waals surface area contributed by atoms with Crippen molar-refractivity contribution in [3.63, 3.8) is 0 Å². The van der Waals surface area contributed by atoms with Crippen LogP contribution in [0.4, 0.5) is 0 Å². The largest absolute Gasteiger partial charge is 0.447 e. The zero-order chi connectivity index (χ0) is 22.5. The Balaban J connectivity index is 1.55. The van der Waals surface area contributed by atoms with Gasteiger partial charge in [0.2, 0.25) is 5.89 Å². The van der Waals surface area contributed by atoms with Crippen LogP contribution in [0.3, 0.4) is 0 Å². The highest BCUT2D eigenvalue weighted by Crippen LogP contribution is 2.26. The van der Waals surface area contributed by atoms with Crippen LogP contribution in [0, 0.1) is 13.8 Å². The first-order valence-electron chi connectivity index (χ1n) is 11.6. The lowest BCUT2D eigenvalue weighted by molar-refractivity contribution is 0.0718. The Kier molecular flexibility index (Phi) is 7.05. The van der Waals surface area contributed by atoms with E-state index in [1.165, 1.54) is 34.9 Å². The van der Waals surface area contributed by atoms with E-state index in [2.05, 4.69) is 73.1 Å². The molecule has 0 unspecified atom stereocenters. The van der Waals surface area contributed by atoms with Crippen LogP contribution in [-0.2, 0) is 13.1 Å². The van der Waals surface area contributed by atoms with Crippen LogP contribution in [0.25, 0.3) is 0 Å². The Morgan fingerprint density at radius 3 is 2.53 bits per heavy atom. The van der Waals surface area contributed by atoms with Crippen molar-refractivity contribution in [1.29, 1.82) is 0 Å². The van der Waals surface area contributed by atoms with Gasteiger partial charge in [0.05, 0.1) is 6.54 Å². The standard InChI is InChI=1S/C27H33N3O2/c1-20-12-13-24(21(2)16-20)17-30(22(3)23-10-6-4-7-11-23)18-26-28-25(19-32-26)27(31)29-14-8-5-9-15-29/h4,6-7,10-13,16,19,22H,5,8-9,14-15,17-18H2,1-3H3/t22-/m1/s1. The Morgan fingerprint density at radius 2 is 1.81 bits per heavy atom. The molecule has 5 nitrogen and oxygen atoms in total. The van der Waals surface area contributed by atoms with Gasteiger partial charge in [0.1, 0.15) is 6.26 Å². The fraction of sp³-hybridized carbons (Fsp3) is 0.407. The number of carbonyl (C=O) groups excluding carboxylic acids is 1. The van der Waals surface area contributed by atoms with Crippen molar-refractivity contribution in [2.24, 2.45) is 0 Å². The summed E-state index contributed by atoms with van der Waals surface area (Å²) < 4.78 is 5.78. The lowest BCUT2D eigenvalue weighted by Crippen LogP contribution is -2.35. The molecule has 1 aliphatic heterocycles. The van der Waals surface area contributed by atoms with Crippen molar-refractivity contribution in [3.8, 4) is 0 Å². The molecule has 1 saturated heterocycles. The highest BCUT2D eigenvalue weighted by molar-refractivity contribution is 5.92. The molecule has 1 aliphatic rings. The predicted molar refractivity (Wildman–Crippen MR) is 126 cm³/mol. The third kappa shape index (κ3) is 5.28. The minimum Gasteiger partial charge on any atom is -0.447 e. The molecule has 2 heterocycles. The van der Waals surface area contributed by atoms with Crippen molar-refractivity contribution in [3.05, 3.63) is 88.6 Å². The predicted octanol–water partition coefficient (Wildman–Crippen LogP) is 5.68. The summed E-state index contributed by atoms with van der Waals surface area (Å²) in [6.45, 7) is 9.43. The number of benzene rings is 2. The third-order valence-corrected chi connectivity index (χ3v) is 6.45. The van der Waals surface area contributed by atoms with Gasteiger partial charge in [0, 0.05) is 25.7 Å². The Morgan fingerprint density at radius 1 is 1.06 bits per heavy atom. The van der Waals surface area contributed by atoms with E-state index in [4.69, 9.17) is 4.42 Å². The second-order valence-electron chi connectivity index (χ2n) is 8.90. The summed E-state index contributed by atoms with van der Waals surface area (Å²) in [7, 11) is 0. The molecule has 4 rings (SSSR count). The second kappa shape index (κ2) is 10.1. The molecule has 0 aliphatic carbocycles. The van der Waals surface area contributed by atoms with Gasteiger partial charge in [-0.1, -0.05) is 54.1 Å². The number of aryl methyl sites for hydroxylation is 2. The fourth-order valence-electron chi connectivity index (χ4n) is 4.43. The van der Waals surface area contributed by atoms with E-state index >= 15 is 0 Å². The number of piperidine rings is 1. The van der Waals surface area contributed by atoms with Gasteiger partial charge in [-0.25, -0.2) is 4.98 Å². The zero-order valence-corrected chi connectivity index (χ0v) is 19.4. The molecule has 0 saturated carbocycles. The van der Waals surface area contributed by atoms with E-state index in [1.807, 2.05) is 11.0 Å². The van der Waals surface area contributed by atoms with E-state index in [-0.39, 0.29) is 11.9 Å². The lowest BCUT2D eigenvalue weighted by Gasteiger charge is -2.29. The van der Waals surface area contributed by atoms with Gasteiger partial charge in [-0.2, -0.15) is 0 Å². The number of carbonyl (C=O) groups is 1. The molecular formula is C27H33N3O2. The number of hydrogen-bond acceptors (Lipinski definition) is 4. The Hall–Kier alpha value is -2.92. The van der Waals surface area contributed by atoms with Crippen LogP contribution >= 0.6 is 0 Å². The maximum atomic E-state index is 12.8. The lowest BCUT2D eigenvalue weighted by atomic mass is 10.0. The summed E-state index contributed by atoms with van der Waals surface area (Å²) in [5, 5.41) is 0. The van der Waals surface area contributed by atoms with Crippen molar-refractivity contribution >= 4 is 5.91 Å². The summed E-state index contributed by atoms with van der Waals surface area (Å²) in [4.78, 5) is 21.6. The molecule has 3 aromatic rings. The number of aromatic nitrogens is 1. The highest BCUT2D eigenvalue weighted by atomic mass is 16.3. The highest BCUT2D eigenvalue weighted by Gasteiger charge is 2.24. The van der Waals surface area contributed by atoms with Gasteiger partial charge in [0.15, 0.2) is 5.69 Å². The molecular weight excluding hydrogens is 398 g/mol. The number of oxazole rings is 1. The molecule has 0 N–H and O–H groups in total. The van der Waals surface area contributed by atoms with Crippen LogP contribution in [0.5, 0.6) is 0 Å². The first-order chi connectivity index (χ1) is 15.5. The third-order valence-electron chi connectivity index (χ3n) is 6.45. The van der Waals surface area contributed by atoms with E-state index in [1.54, 1.807) is 0 Å². The SMILES string of the molecule is Cc1ccc(CN(Cc2nc(C(=O)N3CCCCC3)co2)[C@H](C)c2ccccc2)c(C)c1. The maximum absolute atomic E-state index is 12.8. The first kappa shape index (κ1) is 22.3. The van der Waals surface area contributed by atoms with Crippen LogP contribution in [0.1, 0.15) is 70.9 Å². The van der Waals surface area contributed by atoms with Crippen LogP contribution in [0.2, 0.25) is 0 Å². The Labute approximate surface area is 191 Å². The van der Waals surface area contributed by atoms with Crippen LogP contribution < -0.4 is 0 Å². The molecule has 32 heavy (non-hydrogen) atoms. The Bertz CT molecular complexity index is 1040. The number of amides is 1. The van der Waals surface area contributed by atoms with Gasteiger partial charge in [0.25, 0.3) is 5.91 Å². The molecule has 0 radical (unpaired) electrons. The zero-order valence-electron chi connectivity index (χ0n) is 19.4. The summed E-state index contributed by atoms with van der Waals surface area (Å²) in [5.41, 5.74) is 5.50. The maximum Gasteiger partial charge on any atom is 0.275 e. The molecule has 1 fully saturated rings. The van der Waals surface area contributed by atoms with Gasteiger partial charge in [-0.05, 0) is 56.7 Å². The number of likely N-dealkylation sites (tertiary alicyclic amines) is 1. The molecule has 5 heteroatoms. The van der Waals surface area contributed by atoms with Gasteiger partial charge >= 0.3 is 0 Å². The van der Waals surface area contributed by atoms with Crippen molar-refractivity contribution < 1.29 is 9.21 Å². The van der Waals surface area contributed by atoms with Crippen molar-refractivity contribution in [2.75, 3.05) is 13.1 Å².